The average molecular weight is 512 g/mol. The van der Waals surface area contributed by atoms with E-state index in [2.05, 4.69) is 9.97 Å². The number of carbonyl (C=O) groups is 2. The molecule has 0 saturated heterocycles. The summed E-state index contributed by atoms with van der Waals surface area (Å²) in [5.41, 5.74) is 0.631. The van der Waals surface area contributed by atoms with Crippen molar-refractivity contribution in [2.24, 2.45) is 5.73 Å². The molecule has 0 aliphatic rings. The van der Waals surface area contributed by atoms with Crippen LogP contribution in [0.5, 0.6) is 5.75 Å². The van der Waals surface area contributed by atoms with E-state index in [1.54, 1.807) is 6.92 Å². The van der Waals surface area contributed by atoms with Crippen molar-refractivity contribution in [3.63, 3.8) is 0 Å². The predicted molar refractivity (Wildman–Crippen MR) is 118 cm³/mol. The van der Waals surface area contributed by atoms with Crippen molar-refractivity contribution in [1.82, 2.24) is 15.3 Å². The molecule has 0 saturated carbocycles. The van der Waals surface area contributed by atoms with Gasteiger partial charge < -0.3 is 20.9 Å². The number of hydrogen-bond acceptors (Lipinski definition) is 7. The lowest BCUT2D eigenvalue weighted by Gasteiger charge is -2.31. The van der Waals surface area contributed by atoms with Gasteiger partial charge in [0.25, 0.3) is 5.91 Å². The minimum absolute atomic E-state index is 0.0435. The maximum Gasteiger partial charge on any atom is 0.424 e. The van der Waals surface area contributed by atoms with Crippen LogP contribution in [0.15, 0.2) is 41.9 Å². The molecule has 2 aromatic heterocycles. The smallest absolute Gasteiger partial charge is 0.424 e. The molecule has 35 heavy (non-hydrogen) atoms. The second kappa shape index (κ2) is 10.4. The number of pyridine rings is 1. The molecule has 3 rings (SSSR count). The first-order chi connectivity index (χ1) is 16.5. The number of amides is 2. The molecule has 0 fully saturated rings. The van der Waals surface area contributed by atoms with Gasteiger partial charge in [-0.1, -0.05) is 0 Å². The fraction of sp³-hybridized carbons (Fsp3) is 0.273. The van der Waals surface area contributed by atoms with Crippen molar-refractivity contribution in [3.8, 4) is 17.0 Å². The van der Waals surface area contributed by atoms with E-state index >= 15 is 0 Å². The Morgan fingerprint density at radius 3 is 2.46 bits per heavy atom. The zero-order valence-corrected chi connectivity index (χ0v) is 19.0. The molecule has 8 nitrogen and oxygen atoms in total. The van der Waals surface area contributed by atoms with Crippen LogP contribution >= 0.6 is 11.3 Å². The molecular formula is C22H20F4N4O4S. The van der Waals surface area contributed by atoms with Gasteiger partial charge in [-0.05, 0) is 37.3 Å². The molecule has 0 spiro atoms. The monoisotopic (exact) mass is 512 g/mol. The molecule has 4 N–H and O–H groups in total. The Labute approximate surface area is 200 Å². The average Bonchev–Trinajstić information content (AvgIpc) is 3.33. The SMILES string of the molecule is CCOc1c(CC(N)=O)cc([C@@](O)(CNC(=O)c2nccs2)C(F)(F)F)nc1-c1ccc(F)cc1. The zero-order valence-electron chi connectivity index (χ0n) is 18.2. The molecule has 0 aliphatic heterocycles. The molecule has 1 atom stereocenters. The van der Waals surface area contributed by atoms with Gasteiger partial charge >= 0.3 is 6.18 Å². The van der Waals surface area contributed by atoms with Gasteiger partial charge in [-0.15, -0.1) is 11.3 Å². The summed E-state index contributed by atoms with van der Waals surface area (Å²) in [6, 6.07) is 5.50. The van der Waals surface area contributed by atoms with Crippen LogP contribution in [0.1, 0.15) is 28.0 Å². The van der Waals surface area contributed by atoms with Crippen LogP contribution in [-0.4, -0.2) is 46.2 Å². The maximum atomic E-state index is 14.2. The highest BCUT2D eigenvalue weighted by Gasteiger charge is 2.56. The number of ether oxygens (including phenoxy) is 1. The number of primary amides is 1. The van der Waals surface area contributed by atoms with E-state index in [0.29, 0.717) is 0 Å². The largest absolute Gasteiger partial charge is 0.491 e. The van der Waals surface area contributed by atoms with Gasteiger partial charge in [0.15, 0.2) is 5.01 Å². The lowest BCUT2D eigenvalue weighted by atomic mass is 9.94. The summed E-state index contributed by atoms with van der Waals surface area (Å²) < 4.78 is 61.6. The van der Waals surface area contributed by atoms with Crippen LogP contribution in [0.3, 0.4) is 0 Å². The number of halogens is 4. The zero-order chi connectivity index (χ0) is 25.8. The molecular weight excluding hydrogens is 492 g/mol. The summed E-state index contributed by atoms with van der Waals surface area (Å²) in [6.07, 6.45) is -4.53. The van der Waals surface area contributed by atoms with Crippen molar-refractivity contribution >= 4 is 23.2 Å². The highest BCUT2D eigenvalue weighted by molar-refractivity contribution is 7.11. The van der Waals surface area contributed by atoms with Crippen molar-refractivity contribution < 1.29 is 37.0 Å². The number of benzene rings is 1. The molecule has 1 aromatic carbocycles. The van der Waals surface area contributed by atoms with E-state index in [-0.39, 0.29) is 34.2 Å². The van der Waals surface area contributed by atoms with Crippen LogP contribution in [0, 0.1) is 5.82 Å². The Bertz CT molecular complexity index is 1200. The third-order valence-corrected chi connectivity index (χ3v) is 5.62. The van der Waals surface area contributed by atoms with Gasteiger partial charge in [0.1, 0.15) is 17.3 Å². The Kier molecular flexibility index (Phi) is 7.70. The van der Waals surface area contributed by atoms with Crippen LogP contribution in [0.25, 0.3) is 11.3 Å². The number of nitrogens with zero attached hydrogens (tertiary/aromatic N) is 2. The van der Waals surface area contributed by atoms with Crippen LogP contribution in [0.4, 0.5) is 17.6 Å². The van der Waals surface area contributed by atoms with Crippen molar-refractivity contribution in [2.45, 2.75) is 25.1 Å². The fourth-order valence-electron chi connectivity index (χ4n) is 3.18. The number of nitrogens with two attached hydrogens (primary N) is 1. The molecule has 0 radical (unpaired) electrons. The molecule has 3 aromatic rings. The van der Waals surface area contributed by atoms with E-state index in [1.807, 2.05) is 5.32 Å². The van der Waals surface area contributed by atoms with Gasteiger partial charge in [0, 0.05) is 22.7 Å². The van der Waals surface area contributed by atoms with Gasteiger partial charge in [0.2, 0.25) is 11.5 Å². The first-order valence-electron chi connectivity index (χ1n) is 10.1. The Hall–Kier alpha value is -3.58. The topological polar surface area (TPSA) is 127 Å². The number of nitrogens with one attached hydrogen (secondary N) is 1. The van der Waals surface area contributed by atoms with Gasteiger partial charge in [-0.3, -0.25) is 9.59 Å². The number of carbonyl (C=O) groups excluding carboxylic acids is 2. The summed E-state index contributed by atoms with van der Waals surface area (Å²) in [6.45, 7) is 0.375. The normalized spacial score (nSPS) is 13.2. The maximum absolute atomic E-state index is 14.2. The number of aliphatic hydroxyl groups is 1. The van der Waals surface area contributed by atoms with E-state index in [4.69, 9.17) is 10.5 Å². The molecule has 2 heterocycles. The van der Waals surface area contributed by atoms with E-state index in [0.717, 1.165) is 29.5 Å². The number of rotatable bonds is 9. The van der Waals surface area contributed by atoms with Gasteiger partial charge in [-0.25, -0.2) is 14.4 Å². The highest BCUT2D eigenvalue weighted by Crippen LogP contribution is 2.42. The van der Waals surface area contributed by atoms with Crippen molar-refractivity contribution in [1.29, 1.82) is 0 Å². The molecule has 0 bridgehead atoms. The van der Waals surface area contributed by atoms with E-state index in [9.17, 15) is 32.3 Å². The Balaban J connectivity index is 2.17. The van der Waals surface area contributed by atoms with Gasteiger partial charge in [0.05, 0.1) is 25.3 Å². The van der Waals surface area contributed by atoms with E-state index < -0.39 is 48.1 Å². The summed E-state index contributed by atoms with van der Waals surface area (Å²) >= 11 is 0.902. The predicted octanol–water partition coefficient (Wildman–Crippen LogP) is 2.95. The Morgan fingerprint density at radius 1 is 1.23 bits per heavy atom. The third kappa shape index (κ3) is 5.74. The quantitative estimate of drug-likeness (QED) is 0.379. The van der Waals surface area contributed by atoms with Crippen LogP contribution < -0.4 is 15.8 Å². The molecule has 186 valence electrons. The lowest BCUT2D eigenvalue weighted by molar-refractivity contribution is -0.265. The minimum atomic E-state index is -5.30. The summed E-state index contributed by atoms with van der Waals surface area (Å²) in [4.78, 5) is 31.6. The molecule has 0 unspecified atom stereocenters. The standard InChI is InChI=1S/C22H20F4N4O4S/c1-2-34-18-13(10-16(27)31)9-15(30-17(18)12-3-5-14(23)6-4-12)21(33,22(24,25)26)11-29-19(32)20-28-7-8-35-20/h3-9,33H,2,10-11H2,1H3,(H2,27,31)(H,29,32)/t21-/m0/s1. The summed E-state index contributed by atoms with van der Waals surface area (Å²) in [5, 5.41) is 14.2. The van der Waals surface area contributed by atoms with E-state index in [1.165, 1.54) is 23.7 Å². The summed E-state index contributed by atoms with van der Waals surface area (Å²) in [7, 11) is 0. The Morgan fingerprint density at radius 2 is 1.91 bits per heavy atom. The van der Waals surface area contributed by atoms with Crippen LogP contribution in [-0.2, 0) is 16.8 Å². The fourth-order valence-corrected chi connectivity index (χ4v) is 3.73. The third-order valence-electron chi connectivity index (χ3n) is 4.84. The second-order valence-electron chi connectivity index (χ2n) is 7.31. The van der Waals surface area contributed by atoms with Crippen molar-refractivity contribution in [2.75, 3.05) is 13.2 Å². The number of thiazole rings is 1. The molecule has 2 amide bonds. The van der Waals surface area contributed by atoms with Crippen molar-refractivity contribution in [3.05, 3.63) is 64.0 Å². The number of alkyl halides is 3. The minimum Gasteiger partial charge on any atom is -0.491 e. The number of aromatic nitrogens is 2. The van der Waals surface area contributed by atoms with Gasteiger partial charge in [-0.2, -0.15) is 13.2 Å². The molecule has 0 aliphatic carbocycles. The second-order valence-corrected chi connectivity index (χ2v) is 8.20. The molecule has 13 heteroatoms. The lowest BCUT2D eigenvalue weighted by Crippen LogP contribution is -2.51. The number of hydrogen-bond donors (Lipinski definition) is 3. The summed E-state index contributed by atoms with van der Waals surface area (Å²) in [5.74, 6) is -2.44. The highest BCUT2D eigenvalue weighted by atomic mass is 32.1. The van der Waals surface area contributed by atoms with Crippen LogP contribution in [0.2, 0.25) is 0 Å². The first kappa shape index (κ1) is 26.0. The first-order valence-corrected chi connectivity index (χ1v) is 11.0.